The number of hydrogen-bond donors (Lipinski definition) is 1. The quantitative estimate of drug-likeness (QED) is 0.794. The van der Waals surface area contributed by atoms with Crippen LogP contribution in [0.1, 0.15) is 18.5 Å². The Balaban J connectivity index is 2.99. The molecule has 1 N–H and O–H groups in total. The van der Waals surface area contributed by atoms with Gasteiger partial charge in [-0.3, -0.25) is 4.98 Å². The van der Waals surface area contributed by atoms with Crippen LogP contribution < -0.4 is 5.32 Å². The van der Waals surface area contributed by atoms with E-state index in [1.807, 2.05) is 0 Å². The van der Waals surface area contributed by atoms with Crippen LogP contribution >= 0.6 is 0 Å². The van der Waals surface area contributed by atoms with Crippen molar-refractivity contribution in [1.82, 2.24) is 10.3 Å². The summed E-state index contributed by atoms with van der Waals surface area (Å²) >= 11 is 0. The molecular formula is C9H10F4N2. The molecule has 1 unspecified atom stereocenters. The molecule has 15 heavy (non-hydrogen) atoms. The molecule has 0 aliphatic rings. The summed E-state index contributed by atoms with van der Waals surface area (Å²) in [4.78, 5) is 3.39. The van der Waals surface area contributed by atoms with Crippen molar-refractivity contribution >= 4 is 0 Å². The fraction of sp³-hybridized carbons (Fsp3) is 0.444. The lowest BCUT2D eigenvalue weighted by Crippen LogP contribution is -2.34. The number of pyridine rings is 1. The molecule has 0 aromatic carbocycles. The van der Waals surface area contributed by atoms with Gasteiger partial charge in [0.25, 0.3) is 0 Å². The summed E-state index contributed by atoms with van der Waals surface area (Å²) in [6.07, 6.45) is -2.59. The van der Waals surface area contributed by atoms with Gasteiger partial charge in [0.2, 0.25) is 0 Å². The van der Waals surface area contributed by atoms with Crippen molar-refractivity contribution in [2.24, 2.45) is 0 Å². The van der Waals surface area contributed by atoms with Crippen LogP contribution in [0.5, 0.6) is 0 Å². The third-order valence-electron chi connectivity index (χ3n) is 1.79. The number of aromatic nitrogens is 1. The van der Waals surface area contributed by atoms with Crippen molar-refractivity contribution in [2.75, 3.05) is 6.54 Å². The topological polar surface area (TPSA) is 24.9 Å². The van der Waals surface area contributed by atoms with Gasteiger partial charge in [-0.2, -0.15) is 13.2 Å². The van der Waals surface area contributed by atoms with E-state index in [9.17, 15) is 17.6 Å². The zero-order chi connectivity index (χ0) is 11.5. The molecule has 0 aliphatic carbocycles. The molecule has 0 saturated carbocycles. The molecule has 1 heterocycles. The molecule has 0 aliphatic heterocycles. The highest BCUT2D eigenvalue weighted by molar-refractivity contribution is 5.16. The van der Waals surface area contributed by atoms with Gasteiger partial charge in [-0.25, -0.2) is 4.39 Å². The predicted octanol–water partition coefficient (Wildman–Crippen LogP) is 2.43. The Morgan fingerprint density at radius 3 is 2.53 bits per heavy atom. The maximum absolute atomic E-state index is 12.7. The van der Waals surface area contributed by atoms with E-state index in [4.69, 9.17) is 0 Å². The minimum absolute atomic E-state index is 0.140. The van der Waals surface area contributed by atoms with Crippen LogP contribution in [0.4, 0.5) is 17.6 Å². The summed E-state index contributed by atoms with van der Waals surface area (Å²) in [7, 11) is 0. The molecule has 0 saturated heterocycles. The first-order valence-corrected chi connectivity index (χ1v) is 4.35. The molecule has 6 heteroatoms. The highest BCUT2D eigenvalue weighted by Gasteiger charge is 2.40. The van der Waals surface area contributed by atoms with Crippen LogP contribution in [0, 0.1) is 5.82 Å². The highest BCUT2D eigenvalue weighted by atomic mass is 19.4. The number of alkyl halides is 3. The summed E-state index contributed by atoms with van der Waals surface area (Å²) in [5, 5.41) is 2.23. The van der Waals surface area contributed by atoms with Gasteiger partial charge in [0.15, 0.2) is 0 Å². The van der Waals surface area contributed by atoms with Crippen molar-refractivity contribution in [2.45, 2.75) is 19.1 Å². The summed E-state index contributed by atoms with van der Waals surface area (Å²) in [6, 6.07) is -1.04. The van der Waals surface area contributed by atoms with Gasteiger partial charge in [0, 0.05) is 6.20 Å². The first-order chi connectivity index (χ1) is 6.95. The van der Waals surface area contributed by atoms with Gasteiger partial charge in [-0.05, 0) is 18.2 Å². The molecule has 1 aromatic rings. The van der Waals surface area contributed by atoms with Gasteiger partial charge in [0.1, 0.15) is 11.9 Å². The van der Waals surface area contributed by atoms with Crippen molar-refractivity contribution < 1.29 is 17.6 Å². The maximum atomic E-state index is 12.7. The fourth-order valence-corrected chi connectivity index (χ4v) is 1.21. The Bertz CT molecular complexity index is 324. The Kier molecular flexibility index (Phi) is 3.62. The van der Waals surface area contributed by atoms with Crippen LogP contribution in [0.3, 0.4) is 0 Å². The highest BCUT2D eigenvalue weighted by Crippen LogP contribution is 2.32. The van der Waals surface area contributed by atoms with E-state index in [2.05, 4.69) is 10.3 Å². The zero-order valence-electron chi connectivity index (χ0n) is 7.98. The van der Waals surface area contributed by atoms with Gasteiger partial charge in [-0.15, -0.1) is 0 Å². The van der Waals surface area contributed by atoms with Crippen LogP contribution in [-0.4, -0.2) is 17.7 Å². The molecular weight excluding hydrogens is 212 g/mol. The van der Waals surface area contributed by atoms with Crippen molar-refractivity contribution in [3.63, 3.8) is 0 Å². The average Bonchev–Trinajstić information content (AvgIpc) is 2.12. The number of nitrogens with one attached hydrogen (secondary N) is 1. The third kappa shape index (κ3) is 3.16. The maximum Gasteiger partial charge on any atom is 0.407 e. The van der Waals surface area contributed by atoms with Gasteiger partial charge >= 0.3 is 6.18 Å². The van der Waals surface area contributed by atoms with Crippen molar-refractivity contribution in [3.8, 4) is 0 Å². The summed E-state index contributed by atoms with van der Waals surface area (Å²) in [5.74, 6) is -0.778. The number of rotatable bonds is 3. The number of hydrogen-bond acceptors (Lipinski definition) is 2. The zero-order valence-corrected chi connectivity index (χ0v) is 7.98. The standard InChI is InChI=1S/C9H10F4N2/c1-2-15-8(9(11,12)13)6-3-7(10)5-14-4-6/h3-5,8,15H,2H2,1H3. The first kappa shape index (κ1) is 11.9. The van der Waals surface area contributed by atoms with E-state index in [0.717, 1.165) is 18.5 Å². The molecule has 0 amide bonds. The Morgan fingerprint density at radius 2 is 2.07 bits per heavy atom. The minimum Gasteiger partial charge on any atom is -0.303 e. The van der Waals surface area contributed by atoms with Gasteiger partial charge < -0.3 is 5.32 Å². The molecule has 0 bridgehead atoms. The van der Waals surface area contributed by atoms with Crippen LogP contribution in [0.25, 0.3) is 0 Å². The van der Waals surface area contributed by atoms with Gasteiger partial charge in [-0.1, -0.05) is 6.92 Å². The average molecular weight is 222 g/mol. The number of nitrogens with zero attached hydrogens (tertiary/aromatic N) is 1. The van der Waals surface area contributed by atoms with Gasteiger partial charge in [0.05, 0.1) is 6.20 Å². The van der Waals surface area contributed by atoms with Crippen LogP contribution in [-0.2, 0) is 0 Å². The second-order valence-electron chi connectivity index (χ2n) is 2.97. The molecule has 1 aromatic heterocycles. The van der Waals surface area contributed by atoms with E-state index in [1.165, 1.54) is 0 Å². The van der Waals surface area contributed by atoms with E-state index in [0.29, 0.717) is 0 Å². The van der Waals surface area contributed by atoms with Crippen molar-refractivity contribution in [3.05, 3.63) is 29.8 Å². The van der Waals surface area contributed by atoms with Crippen LogP contribution in [0.15, 0.2) is 18.5 Å². The molecule has 0 radical (unpaired) electrons. The van der Waals surface area contributed by atoms with E-state index < -0.39 is 18.0 Å². The van der Waals surface area contributed by atoms with Crippen molar-refractivity contribution in [1.29, 1.82) is 0 Å². The Labute approximate surface area is 84.3 Å². The first-order valence-electron chi connectivity index (χ1n) is 4.35. The van der Waals surface area contributed by atoms with E-state index >= 15 is 0 Å². The van der Waals surface area contributed by atoms with E-state index in [-0.39, 0.29) is 12.1 Å². The van der Waals surface area contributed by atoms with Crippen LogP contribution in [0.2, 0.25) is 0 Å². The van der Waals surface area contributed by atoms with E-state index in [1.54, 1.807) is 6.92 Å². The Hall–Kier alpha value is -1.17. The third-order valence-corrected chi connectivity index (χ3v) is 1.79. The molecule has 84 valence electrons. The molecule has 0 fully saturated rings. The lowest BCUT2D eigenvalue weighted by Gasteiger charge is -2.20. The molecule has 2 nitrogen and oxygen atoms in total. The SMILES string of the molecule is CCNC(c1cncc(F)c1)C(F)(F)F. The lowest BCUT2D eigenvalue weighted by molar-refractivity contribution is -0.157. The smallest absolute Gasteiger partial charge is 0.303 e. The molecule has 1 rings (SSSR count). The minimum atomic E-state index is -4.45. The molecule has 1 atom stereocenters. The summed E-state index contributed by atoms with van der Waals surface area (Å²) < 4.78 is 50.2. The second kappa shape index (κ2) is 4.57. The second-order valence-corrected chi connectivity index (χ2v) is 2.97. The summed E-state index contributed by atoms with van der Waals surface area (Å²) in [6.45, 7) is 1.69. The monoisotopic (exact) mass is 222 g/mol. The fourth-order valence-electron chi connectivity index (χ4n) is 1.21. The Morgan fingerprint density at radius 1 is 1.40 bits per heavy atom. The normalized spacial score (nSPS) is 13.9. The summed E-state index contributed by atoms with van der Waals surface area (Å²) in [5.41, 5.74) is -0.218. The number of halogens is 4. The largest absolute Gasteiger partial charge is 0.407 e. The predicted molar refractivity (Wildman–Crippen MR) is 46.7 cm³/mol. The lowest BCUT2D eigenvalue weighted by atomic mass is 10.1. The molecule has 0 spiro atoms.